The summed E-state index contributed by atoms with van der Waals surface area (Å²) in [6.45, 7) is 4.09. The maximum Gasteiger partial charge on any atom is 0.262 e. The lowest BCUT2D eigenvalue weighted by Crippen LogP contribution is -2.16. The van der Waals surface area contributed by atoms with Gasteiger partial charge >= 0.3 is 0 Å². The molecule has 0 bridgehead atoms. The highest BCUT2D eigenvalue weighted by Crippen LogP contribution is 2.22. The first-order valence-corrected chi connectivity index (χ1v) is 7.75. The Kier molecular flexibility index (Phi) is 5.21. The second-order valence-corrected chi connectivity index (χ2v) is 5.88. The number of aromatic nitrogens is 2. The molecule has 1 aromatic heterocycles. The Morgan fingerprint density at radius 3 is 2.64 bits per heavy atom. The van der Waals surface area contributed by atoms with Gasteiger partial charge in [-0.3, -0.25) is 14.3 Å². The zero-order valence-corrected chi connectivity index (χ0v) is 13.9. The van der Waals surface area contributed by atoms with Gasteiger partial charge in [0, 0.05) is 5.02 Å². The van der Waals surface area contributed by atoms with Crippen LogP contribution in [0, 0.1) is 10.7 Å². The van der Waals surface area contributed by atoms with Crippen LogP contribution in [0.25, 0.3) is 11.8 Å². The predicted octanol–water partition coefficient (Wildman–Crippen LogP) is 4.31. The second-order valence-electron chi connectivity index (χ2n) is 5.05. The van der Waals surface area contributed by atoms with Crippen LogP contribution < -0.4 is 5.56 Å². The second kappa shape index (κ2) is 6.94. The highest BCUT2D eigenvalue weighted by atomic mass is 35.5. The molecule has 0 aliphatic heterocycles. The summed E-state index contributed by atoms with van der Waals surface area (Å²) >= 11 is 11.0. The van der Waals surface area contributed by atoms with Gasteiger partial charge in [-0.2, -0.15) is 0 Å². The number of rotatable bonds is 4. The third kappa shape index (κ3) is 3.48. The van der Waals surface area contributed by atoms with Gasteiger partial charge in [-0.1, -0.05) is 37.9 Å². The zero-order chi connectivity index (χ0) is 16.3. The van der Waals surface area contributed by atoms with Gasteiger partial charge in [0.2, 0.25) is 5.88 Å². The van der Waals surface area contributed by atoms with E-state index in [1.807, 2.05) is 13.0 Å². The highest BCUT2D eigenvalue weighted by molar-refractivity contribution is 7.71. The van der Waals surface area contributed by atoms with E-state index in [0.717, 1.165) is 6.42 Å². The third-order valence-corrected chi connectivity index (χ3v) is 3.98. The first kappa shape index (κ1) is 16.5. The minimum atomic E-state index is -0.410. The smallest absolute Gasteiger partial charge is 0.262 e. The lowest BCUT2D eigenvalue weighted by Gasteiger charge is -2.11. The Hall–Kier alpha value is -1.85. The fourth-order valence-electron chi connectivity index (χ4n) is 1.92. The molecule has 0 amide bonds. The van der Waals surface area contributed by atoms with E-state index < -0.39 is 5.56 Å². The minimum Gasteiger partial charge on any atom is -0.494 e. The van der Waals surface area contributed by atoms with Gasteiger partial charge in [0.1, 0.15) is 0 Å². The Morgan fingerprint density at radius 2 is 2.05 bits per heavy atom. The van der Waals surface area contributed by atoms with Crippen LogP contribution in [-0.4, -0.2) is 14.7 Å². The highest BCUT2D eigenvalue weighted by Gasteiger charge is 2.12. The van der Waals surface area contributed by atoms with Crippen molar-refractivity contribution in [1.29, 1.82) is 0 Å². The molecular formula is C16H17ClN2O2S. The molecule has 0 spiro atoms. The van der Waals surface area contributed by atoms with E-state index >= 15 is 0 Å². The van der Waals surface area contributed by atoms with Crippen molar-refractivity contribution in [3.63, 3.8) is 0 Å². The molecule has 0 aliphatic carbocycles. The molecule has 1 aromatic carbocycles. The van der Waals surface area contributed by atoms with E-state index in [1.54, 1.807) is 30.3 Å². The van der Waals surface area contributed by atoms with E-state index in [2.05, 4.69) is 11.9 Å². The minimum absolute atomic E-state index is 0.130. The number of hydrogen-bond acceptors (Lipinski definition) is 3. The van der Waals surface area contributed by atoms with Crippen LogP contribution >= 0.6 is 23.8 Å². The molecule has 2 N–H and O–H groups in total. The molecule has 4 nitrogen and oxygen atoms in total. The number of H-pyrrole nitrogens is 1. The Labute approximate surface area is 138 Å². The normalized spacial score (nSPS) is 12.7. The maximum atomic E-state index is 12.0. The van der Waals surface area contributed by atoms with Crippen molar-refractivity contribution in [2.45, 2.75) is 20.3 Å². The number of halogens is 1. The van der Waals surface area contributed by atoms with Crippen LogP contribution in [0.1, 0.15) is 25.8 Å². The lowest BCUT2D eigenvalue weighted by molar-refractivity contribution is 0.432. The molecule has 6 heteroatoms. The average Bonchev–Trinajstić information content (AvgIpc) is 2.48. The molecule has 0 saturated carbocycles. The number of hydrogen-bond donors (Lipinski definition) is 2. The fourth-order valence-corrected chi connectivity index (χ4v) is 2.33. The molecule has 0 saturated heterocycles. The first-order valence-electron chi connectivity index (χ1n) is 6.96. The molecule has 116 valence electrons. The van der Waals surface area contributed by atoms with Crippen LogP contribution in [0.5, 0.6) is 5.88 Å². The van der Waals surface area contributed by atoms with Crippen molar-refractivity contribution >= 4 is 29.9 Å². The van der Waals surface area contributed by atoms with Gasteiger partial charge in [0.15, 0.2) is 4.77 Å². The maximum absolute atomic E-state index is 12.0. The summed E-state index contributed by atoms with van der Waals surface area (Å²) in [5.41, 5.74) is 0.400. The van der Waals surface area contributed by atoms with Crippen molar-refractivity contribution in [3.05, 3.63) is 56.1 Å². The summed E-state index contributed by atoms with van der Waals surface area (Å²) in [7, 11) is 0. The van der Waals surface area contributed by atoms with E-state index in [-0.39, 0.29) is 16.2 Å². The largest absolute Gasteiger partial charge is 0.494 e. The first-order chi connectivity index (χ1) is 10.4. The summed E-state index contributed by atoms with van der Waals surface area (Å²) in [4.78, 5) is 14.6. The molecule has 2 rings (SSSR count). The monoisotopic (exact) mass is 336 g/mol. The summed E-state index contributed by atoms with van der Waals surface area (Å²) in [5, 5.41) is 11.0. The molecule has 0 radical (unpaired) electrons. The number of aromatic hydroxyl groups is 1. The molecule has 22 heavy (non-hydrogen) atoms. The molecule has 2 aromatic rings. The third-order valence-electron chi connectivity index (χ3n) is 3.44. The molecule has 1 heterocycles. The van der Waals surface area contributed by atoms with Gasteiger partial charge in [-0.25, -0.2) is 0 Å². The van der Waals surface area contributed by atoms with E-state index in [9.17, 15) is 9.90 Å². The summed E-state index contributed by atoms with van der Waals surface area (Å²) in [6, 6.07) is 6.83. The standard InChI is InChI=1S/C16H17ClN2O2S/c1-3-10(2)4-9-13-14(20)18-16(22)19(15(13)21)12-7-5-11(17)6-8-12/h4-10,21H,3H2,1-2H3,(H,18,20,22). The van der Waals surface area contributed by atoms with Crippen LogP contribution in [-0.2, 0) is 0 Å². The lowest BCUT2D eigenvalue weighted by atomic mass is 10.1. The Balaban J connectivity index is 2.61. The van der Waals surface area contributed by atoms with Gasteiger partial charge in [-0.05, 0) is 48.5 Å². The van der Waals surface area contributed by atoms with Crippen LogP contribution in [0.3, 0.4) is 0 Å². The van der Waals surface area contributed by atoms with Crippen LogP contribution in [0.4, 0.5) is 0 Å². The average molecular weight is 337 g/mol. The summed E-state index contributed by atoms with van der Waals surface area (Å²) in [6.07, 6.45) is 4.47. The number of allylic oxidation sites excluding steroid dienone is 1. The van der Waals surface area contributed by atoms with Gasteiger partial charge < -0.3 is 5.11 Å². The van der Waals surface area contributed by atoms with Gasteiger partial charge in [-0.15, -0.1) is 0 Å². The van der Waals surface area contributed by atoms with Crippen molar-refractivity contribution in [2.75, 3.05) is 0 Å². The number of benzene rings is 1. The number of aromatic amines is 1. The quantitative estimate of drug-likeness (QED) is 0.818. The summed E-state index contributed by atoms with van der Waals surface area (Å²) < 4.78 is 1.54. The number of nitrogens with one attached hydrogen (secondary N) is 1. The van der Waals surface area contributed by atoms with Gasteiger partial charge in [0.25, 0.3) is 5.56 Å². The molecule has 1 atom stereocenters. The summed E-state index contributed by atoms with van der Waals surface area (Å²) in [5.74, 6) is 0.126. The molecular weight excluding hydrogens is 320 g/mol. The number of nitrogens with zero attached hydrogens (tertiary/aromatic N) is 1. The van der Waals surface area contributed by atoms with E-state index in [1.165, 1.54) is 4.57 Å². The van der Waals surface area contributed by atoms with E-state index in [0.29, 0.717) is 16.6 Å². The van der Waals surface area contributed by atoms with Crippen LogP contribution in [0.15, 0.2) is 35.1 Å². The van der Waals surface area contributed by atoms with Crippen molar-refractivity contribution in [2.24, 2.45) is 5.92 Å². The van der Waals surface area contributed by atoms with Gasteiger partial charge in [0.05, 0.1) is 11.3 Å². The van der Waals surface area contributed by atoms with Crippen molar-refractivity contribution in [1.82, 2.24) is 9.55 Å². The SMILES string of the molecule is CCC(C)C=Cc1c(O)n(-c2ccc(Cl)cc2)c(=S)[nH]c1=O. The molecule has 0 aliphatic rings. The van der Waals surface area contributed by atoms with Crippen LogP contribution in [0.2, 0.25) is 5.02 Å². The predicted molar refractivity (Wildman–Crippen MR) is 92.4 cm³/mol. The fraction of sp³-hybridized carbons (Fsp3) is 0.250. The topological polar surface area (TPSA) is 58.0 Å². The molecule has 1 unspecified atom stereocenters. The Morgan fingerprint density at radius 1 is 1.41 bits per heavy atom. The van der Waals surface area contributed by atoms with Crippen molar-refractivity contribution < 1.29 is 5.11 Å². The molecule has 0 fully saturated rings. The Bertz CT molecular complexity index is 806. The zero-order valence-electron chi connectivity index (χ0n) is 12.3. The van der Waals surface area contributed by atoms with E-state index in [4.69, 9.17) is 23.8 Å². The van der Waals surface area contributed by atoms with Crippen molar-refractivity contribution in [3.8, 4) is 11.6 Å².